The van der Waals surface area contributed by atoms with Gasteiger partial charge in [-0.25, -0.2) is 19.8 Å². The zero-order valence-electron chi connectivity index (χ0n) is 17.0. The van der Waals surface area contributed by atoms with Gasteiger partial charge in [0.05, 0.1) is 6.54 Å². The van der Waals surface area contributed by atoms with E-state index in [0.717, 1.165) is 22.5 Å². The summed E-state index contributed by atoms with van der Waals surface area (Å²) in [6, 6.07) is 10.5. The maximum Gasteiger partial charge on any atom is 0.156 e. The molecule has 0 saturated carbocycles. The van der Waals surface area contributed by atoms with Crippen molar-refractivity contribution in [1.29, 1.82) is 0 Å². The first kappa shape index (κ1) is 19.2. The molecule has 0 aliphatic carbocycles. The zero-order valence-corrected chi connectivity index (χ0v) is 17.0. The van der Waals surface area contributed by atoms with Gasteiger partial charge in [0.25, 0.3) is 0 Å². The Hall–Kier alpha value is -3.78. The minimum Gasteiger partial charge on any atom is -0.383 e. The lowest BCUT2D eigenvalue weighted by Gasteiger charge is -2.28. The average Bonchev–Trinajstić information content (AvgIpc) is 3.09. The van der Waals surface area contributed by atoms with E-state index in [9.17, 15) is 4.39 Å². The molecule has 4 heterocycles. The molecule has 1 atom stereocenters. The summed E-state index contributed by atoms with van der Waals surface area (Å²) in [5, 5.41) is 5.30. The van der Waals surface area contributed by atoms with Gasteiger partial charge in [-0.05, 0) is 30.7 Å². The maximum absolute atomic E-state index is 14.3. The van der Waals surface area contributed by atoms with Crippen LogP contribution in [0.2, 0.25) is 0 Å². The van der Waals surface area contributed by atoms with Crippen LogP contribution in [0.25, 0.3) is 11.1 Å². The van der Waals surface area contributed by atoms with E-state index >= 15 is 0 Å². The van der Waals surface area contributed by atoms with E-state index in [1.165, 1.54) is 6.07 Å². The molecule has 156 valence electrons. The van der Waals surface area contributed by atoms with Crippen LogP contribution in [0.3, 0.4) is 0 Å². The van der Waals surface area contributed by atoms with Crippen molar-refractivity contribution in [3.05, 3.63) is 95.7 Å². The second-order valence-electron chi connectivity index (χ2n) is 7.69. The lowest BCUT2D eigenvalue weighted by molar-refractivity contribution is 0.187. The number of nitrogens with zero attached hydrogens (tertiary/aromatic N) is 4. The van der Waals surface area contributed by atoms with Gasteiger partial charge in [-0.1, -0.05) is 30.4 Å². The quantitative estimate of drug-likeness (QED) is 0.603. The van der Waals surface area contributed by atoms with E-state index in [0.29, 0.717) is 30.3 Å². The summed E-state index contributed by atoms with van der Waals surface area (Å²) in [6.45, 7) is 3.04. The topological polar surface area (TPSA) is 92.0 Å². The third-order valence-electron chi connectivity index (χ3n) is 5.64. The fourth-order valence-electron chi connectivity index (χ4n) is 4.01. The van der Waals surface area contributed by atoms with Crippen molar-refractivity contribution in [2.45, 2.75) is 19.0 Å². The third-order valence-corrected chi connectivity index (χ3v) is 5.64. The number of rotatable bonds is 4. The van der Waals surface area contributed by atoms with Gasteiger partial charge in [-0.2, -0.15) is 0 Å². The molecule has 4 N–H and O–H groups in total. The van der Waals surface area contributed by atoms with Crippen LogP contribution in [0, 0.1) is 5.82 Å². The summed E-state index contributed by atoms with van der Waals surface area (Å²) in [5.41, 5.74) is 12.3. The predicted molar refractivity (Wildman–Crippen MR) is 116 cm³/mol. The van der Waals surface area contributed by atoms with Crippen molar-refractivity contribution in [3.63, 3.8) is 0 Å². The monoisotopic (exact) mass is 415 g/mol. The number of hydrogen-bond acceptors (Lipinski definition) is 7. The molecule has 8 heteroatoms. The molecule has 0 radical (unpaired) electrons. The van der Waals surface area contributed by atoms with Crippen molar-refractivity contribution in [2.75, 3.05) is 12.3 Å². The highest BCUT2D eigenvalue weighted by atomic mass is 19.1. The molecule has 1 aromatic carbocycles. The molecule has 3 aromatic rings. The molecule has 2 aliphatic rings. The molecular formula is C23H22FN7. The number of hydrogen-bond donors (Lipinski definition) is 3. The average molecular weight is 415 g/mol. The Balaban J connectivity index is 1.52. The number of nitrogens with two attached hydrogens (primary N) is 1. The van der Waals surface area contributed by atoms with Crippen LogP contribution < -0.4 is 16.5 Å². The predicted octanol–water partition coefficient (Wildman–Crippen LogP) is 2.87. The Morgan fingerprint density at radius 3 is 2.77 bits per heavy atom. The van der Waals surface area contributed by atoms with E-state index in [1.807, 2.05) is 36.2 Å². The standard InChI is InChI=1S/C23H22FN7/c1-23(22-28-13-17(20(25)29-22)15-8-11-26-12-9-15)18-6-4-10-27-21(18)31(30-23)14-16-5-2-3-7-19(16)24/h2-9,11-13,27,30H,10,14H2,1H3,(H2,25,28,29). The summed E-state index contributed by atoms with van der Waals surface area (Å²) in [7, 11) is 0. The molecule has 0 saturated heterocycles. The van der Waals surface area contributed by atoms with E-state index in [-0.39, 0.29) is 5.82 Å². The van der Waals surface area contributed by atoms with Crippen molar-refractivity contribution in [3.8, 4) is 11.1 Å². The van der Waals surface area contributed by atoms with Crippen molar-refractivity contribution in [1.82, 2.24) is 30.7 Å². The molecule has 1 unspecified atom stereocenters. The van der Waals surface area contributed by atoms with E-state index in [4.69, 9.17) is 5.73 Å². The lowest BCUT2D eigenvalue weighted by Crippen LogP contribution is -2.45. The summed E-state index contributed by atoms with van der Waals surface area (Å²) >= 11 is 0. The smallest absolute Gasteiger partial charge is 0.156 e. The van der Waals surface area contributed by atoms with Crippen LogP contribution in [0.15, 0.2) is 78.5 Å². The molecular weight excluding hydrogens is 393 g/mol. The first-order valence-electron chi connectivity index (χ1n) is 10.0. The van der Waals surface area contributed by atoms with Crippen LogP contribution in [-0.4, -0.2) is 26.5 Å². The van der Waals surface area contributed by atoms with E-state index in [2.05, 4.69) is 31.8 Å². The van der Waals surface area contributed by atoms with Gasteiger partial charge in [0.1, 0.15) is 23.0 Å². The van der Waals surface area contributed by atoms with Gasteiger partial charge in [0.15, 0.2) is 5.82 Å². The van der Waals surface area contributed by atoms with E-state index in [1.54, 1.807) is 30.7 Å². The Morgan fingerprint density at radius 2 is 2.00 bits per heavy atom. The Bertz CT molecular complexity index is 1190. The highest BCUT2D eigenvalue weighted by Crippen LogP contribution is 2.39. The first-order valence-corrected chi connectivity index (χ1v) is 10.0. The van der Waals surface area contributed by atoms with Gasteiger partial charge in [0, 0.05) is 41.8 Å². The minimum atomic E-state index is -0.727. The zero-order chi connectivity index (χ0) is 21.4. The summed E-state index contributed by atoms with van der Waals surface area (Å²) < 4.78 is 14.3. The number of dihydropyridines is 1. The number of pyridine rings is 1. The number of aromatic nitrogens is 3. The van der Waals surface area contributed by atoms with Crippen LogP contribution in [0.1, 0.15) is 18.3 Å². The number of nitrogen functional groups attached to an aromatic ring is 1. The largest absolute Gasteiger partial charge is 0.383 e. The summed E-state index contributed by atoms with van der Waals surface area (Å²) in [4.78, 5) is 13.3. The highest BCUT2D eigenvalue weighted by Gasteiger charge is 2.44. The summed E-state index contributed by atoms with van der Waals surface area (Å²) in [5.74, 6) is 1.57. The molecule has 2 aromatic heterocycles. The lowest BCUT2D eigenvalue weighted by atomic mass is 9.91. The minimum absolute atomic E-state index is 0.242. The fourth-order valence-corrected chi connectivity index (χ4v) is 4.01. The van der Waals surface area contributed by atoms with Crippen LogP contribution >= 0.6 is 0 Å². The molecule has 0 fully saturated rings. The Labute approximate surface area is 179 Å². The maximum atomic E-state index is 14.3. The highest BCUT2D eigenvalue weighted by molar-refractivity contribution is 5.72. The van der Waals surface area contributed by atoms with Crippen LogP contribution in [-0.2, 0) is 12.1 Å². The van der Waals surface area contributed by atoms with Crippen molar-refractivity contribution < 1.29 is 4.39 Å². The summed E-state index contributed by atoms with van der Waals surface area (Å²) in [6.07, 6.45) is 9.24. The fraction of sp³-hybridized carbons (Fsp3) is 0.174. The Morgan fingerprint density at radius 1 is 1.19 bits per heavy atom. The van der Waals surface area contributed by atoms with Crippen molar-refractivity contribution >= 4 is 5.82 Å². The number of halogens is 1. The van der Waals surface area contributed by atoms with Crippen LogP contribution in [0.4, 0.5) is 10.2 Å². The van der Waals surface area contributed by atoms with Crippen molar-refractivity contribution in [2.24, 2.45) is 0 Å². The molecule has 0 amide bonds. The molecule has 2 aliphatic heterocycles. The molecule has 31 heavy (non-hydrogen) atoms. The van der Waals surface area contributed by atoms with Gasteiger partial charge in [0.2, 0.25) is 0 Å². The second-order valence-corrected chi connectivity index (χ2v) is 7.69. The van der Waals surface area contributed by atoms with Gasteiger partial charge < -0.3 is 11.1 Å². The number of benzene rings is 1. The second kappa shape index (κ2) is 7.48. The van der Waals surface area contributed by atoms with Crippen LogP contribution in [0.5, 0.6) is 0 Å². The van der Waals surface area contributed by atoms with E-state index < -0.39 is 5.54 Å². The number of anilines is 1. The number of hydrazine groups is 1. The van der Waals surface area contributed by atoms with Gasteiger partial charge in [-0.3, -0.25) is 9.99 Å². The first-order chi connectivity index (χ1) is 15.1. The normalized spacial score (nSPS) is 20.0. The van der Waals surface area contributed by atoms with Gasteiger partial charge >= 0.3 is 0 Å². The molecule has 7 nitrogen and oxygen atoms in total. The molecule has 0 bridgehead atoms. The number of nitrogens with one attached hydrogen (secondary N) is 2. The SMILES string of the molecule is CC1(c2ncc(-c3ccncc3)c(N)n2)NN(Cc2ccccc2F)C2=C1C=CCN2. The third kappa shape index (κ3) is 3.30. The molecule has 0 spiro atoms. The Kier molecular flexibility index (Phi) is 4.63. The molecule has 5 rings (SSSR count). The van der Waals surface area contributed by atoms with Gasteiger partial charge in [-0.15, -0.1) is 0 Å².